The lowest BCUT2D eigenvalue weighted by atomic mass is 9.79. The van der Waals surface area contributed by atoms with Crippen LogP contribution in [0.15, 0.2) is 270 Å². The Kier molecular flexibility index (Phi) is 14.0. The number of aromatic nitrogens is 1. The van der Waals surface area contributed by atoms with Crippen LogP contribution in [0.1, 0.15) is 29.2 Å². The molecule has 0 unspecified atom stereocenters. The van der Waals surface area contributed by atoms with Crippen molar-refractivity contribution in [1.82, 2.24) is 4.98 Å². The molecular formula is C64H50N4. The SMILES string of the molecule is C=C/C=C(\C=C/C)c1cc(-c2cccc(-c3cccc(CN=C(N=C(N=C)c4ccccc4)c4cccc(-c5ccccc5)c4)c3)n2)c(-c2ccccc2)c(-c2ccccc2)c1-c1ccccc1. The van der Waals surface area contributed by atoms with Gasteiger partial charge >= 0.3 is 0 Å². The summed E-state index contributed by atoms with van der Waals surface area (Å²) >= 11 is 0. The molecule has 0 radical (unpaired) electrons. The summed E-state index contributed by atoms with van der Waals surface area (Å²) in [6.07, 6.45) is 8.20. The molecule has 0 atom stereocenters. The van der Waals surface area contributed by atoms with Gasteiger partial charge in [0.15, 0.2) is 11.7 Å². The molecule has 0 spiro atoms. The molecule has 4 heteroatoms. The number of pyridine rings is 1. The molecule has 0 fully saturated rings. The second-order valence-corrected chi connectivity index (χ2v) is 16.2. The summed E-state index contributed by atoms with van der Waals surface area (Å²) in [6.45, 7) is 10.4. The summed E-state index contributed by atoms with van der Waals surface area (Å²) in [7, 11) is 0. The van der Waals surface area contributed by atoms with Crippen molar-refractivity contribution in [2.24, 2.45) is 15.0 Å². The lowest BCUT2D eigenvalue weighted by Crippen LogP contribution is -2.05. The molecule has 68 heavy (non-hydrogen) atoms. The molecule has 0 amide bonds. The molecule has 0 aliphatic carbocycles. The first-order valence-corrected chi connectivity index (χ1v) is 22.8. The molecule has 8 aromatic carbocycles. The van der Waals surface area contributed by atoms with E-state index in [4.69, 9.17) is 15.0 Å². The third-order valence-corrected chi connectivity index (χ3v) is 11.8. The van der Waals surface area contributed by atoms with Crippen molar-refractivity contribution in [2.45, 2.75) is 13.5 Å². The highest BCUT2D eigenvalue weighted by Gasteiger charge is 2.24. The van der Waals surface area contributed by atoms with Crippen LogP contribution in [0.3, 0.4) is 0 Å². The van der Waals surface area contributed by atoms with E-state index in [0.717, 1.165) is 94.8 Å². The molecule has 1 aromatic heterocycles. The fourth-order valence-corrected chi connectivity index (χ4v) is 8.64. The first-order chi connectivity index (χ1) is 33.6. The van der Waals surface area contributed by atoms with Gasteiger partial charge in [0.1, 0.15) is 0 Å². The average molecular weight is 875 g/mol. The van der Waals surface area contributed by atoms with Crippen LogP contribution in [0.2, 0.25) is 0 Å². The predicted octanol–water partition coefficient (Wildman–Crippen LogP) is 16.3. The number of hydrogen-bond acceptors (Lipinski definition) is 2. The maximum atomic E-state index is 5.50. The zero-order valence-electron chi connectivity index (χ0n) is 38.1. The largest absolute Gasteiger partial charge is 0.261 e. The number of allylic oxidation sites excluding steroid dienone is 5. The summed E-state index contributed by atoms with van der Waals surface area (Å²) < 4.78 is 0. The van der Waals surface area contributed by atoms with E-state index in [0.29, 0.717) is 18.2 Å². The standard InChI is InChI=1S/C64H50N4/c1-4-24-48(25-5-2)56-44-57(61(50-31-15-8-16-32-50)62(51-33-17-9-18-34-51)60(56)49-29-13-7-14-30-49)59-41-23-40-58(67-59)54-38-21-26-46(42-54)45-66-64(68-63(65-3)52-35-19-10-20-36-52)55-39-22-37-53(43-55)47-27-11-6-12-28-47/h4-44H,1,3,45H2,2H3/b25-5-,48-24+,66-64?,68-63?. The quantitative estimate of drug-likeness (QED) is 0.0647. The van der Waals surface area contributed by atoms with Gasteiger partial charge in [0.05, 0.1) is 17.9 Å². The van der Waals surface area contributed by atoms with Crippen molar-refractivity contribution in [3.63, 3.8) is 0 Å². The molecule has 0 saturated heterocycles. The second kappa shape index (κ2) is 21.4. The first-order valence-electron chi connectivity index (χ1n) is 22.8. The molecule has 0 aliphatic rings. The smallest absolute Gasteiger partial charge is 0.161 e. The maximum Gasteiger partial charge on any atom is 0.161 e. The van der Waals surface area contributed by atoms with Crippen LogP contribution < -0.4 is 0 Å². The van der Waals surface area contributed by atoms with Gasteiger partial charge in [-0.05, 0) is 105 Å². The Bertz CT molecular complexity index is 3310. The number of rotatable bonds is 13. The molecule has 4 nitrogen and oxygen atoms in total. The van der Waals surface area contributed by atoms with Gasteiger partial charge in [0.25, 0.3) is 0 Å². The zero-order chi connectivity index (χ0) is 46.5. The third-order valence-electron chi connectivity index (χ3n) is 11.8. The third kappa shape index (κ3) is 10.0. The highest BCUT2D eigenvalue weighted by Crippen LogP contribution is 2.49. The minimum atomic E-state index is 0.382. The van der Waals surface area contributed by atoms with Gasteiger partial charge in [-0.2, -0.15) is 0 Å². The molecule has 0 N–H and O–H groups in total. The van der Waals surface area contributed by atoms with Crippen LogP contribution in [-0.4, -0.2) is 23.4 Å². The highest BCUT2D eigenvalue weighted by atomic mass is 15.0. The van der Waals surface area contributed by atoms with Crippen molar-refractivity contribution in [1.29, 1.82) is 0 Å². The first kappa shape index (κ1) is 44.3. The topological polar surface area (TPSA) is 50.0 Å². The van der Waals surface area contributed by atoms with Gasteiger partial charge in [-0.15, -0.1) is 0 Å². The Balaban J connectivity index is 1.19. The van der Waals surface area contributed by atoms with Crippen LogP contribution in [0.4, 0.5) is 0 Å². The lowest BCUT2D eigenvalue weighted by molar-refractivity contribution is 1.06. The number of aliphatic imine (C=N–C) groups is 3. The Morgan fingerprint density at radius 3 is 1.65 bits per heavy atom. The van der Waals surface area contributed by atoms with Gasteiger partial charge in [-0.1, -0.05) is 225 Å². The summed E-state index contributed by atoms with van der Waals surface area (Å²) in [4.78, 5) is 20.1. The predicted molar refractivity (Wildman–Crippen MR) is 289 cm³/mol. The summed E-state index contributed by atoms with van der Waals surface area (Å²) in [5.74, 6) is 1.08. The number of hydrogen-bond donors (Lipinski definition) is 0. The van der Waals surface area contributed by atoms with E-state index >= 15 is 0 Å². The van der Waals surface area contributed by atoms with E-state index in [1.165, 1.54) is 0 Å². The normalized spacial score (nSPS) is 12.0. The van der Waals surface area contributed by atoms with Crippen molar-refractivity contribution < 1.29 is 0 Å². The van der Waals surface area contributed by atoms with E-state index in [2.05, 4.69) is 207 Å². The van der Waals surface area contributed by atoms with Crippen molar-refractivity contribution in [3.8, 4) is 67.0 Å². The van der Waals surface area contributed by atoms with Crippen LogP contribution in [-0.2, 0) is 6.54 Å². The van der Waals surface area contributed by atoms with E-state index in [9.17, 15) is 0 Å². The Hall–Kier alpha value is -8.86. The van der Waals surface area contributed by atoms with Gasteiger partial charge < -0.3 is 0 Å². The minimum Gasteiger partial charge on any atom is -0.261 e. The summed E-state index contributed by atoms with van der Waals surface area (Å²) in [6, 6.07) is 77.8. The van der Waals surface area contributed by atoms with Crippen molar-refractivity contribution in [3.05, 3.63) is 278 Å². The van der Waals surface area contributed by atoms with E-state index < -0.39 is 0 Å². The average Bonchev–Trinajstić information content (AvgIpc) is 3.41. The van der Waals surface area contributed by atoms with Gasteiger partial charge in [0.2, 0.25) is 0 Å². The Morgan fingerprint density at radius 2 is 1.01 bits per heavy atom. The molecule has 326 valence electrons. The van der Waals surface area contributed by atoms with Crippen molar-refractivity contribution >= 4 is 24.0 Å². The Morgan fingerprint density at radius 1 is 0.485 bits per heavy atom. The van der Waals surface area contributed by atoms with Crippen molar-refractivity contribution in [2.75, 3.05) is 0 Å². The monoisotopic (exact) mass is 874 g/mol. The van der Waals surface area contributed by atoms with Gasteiger partial charge in [-0.25, -0.2) is 15.0 Å². The minimum absolute atomic E-state index is 0.382. The van der Waals surface area contributed by atoms with E-state index in [1.807, 2.05) is 66.7 Å². The summed E-state index contributed by atoms with van der Waals surface area (Å²) in [5.41, 5.74) is 17.6. The van der Waals surface area contributed by atoms with Crippen LogP contribution in [0, 0.1) is 0 Å². The Labute approximate surface area is 400 Å². The van der Waals surface area contributed by atoms with Crippen LogP contribution in [0.5, 0.6) is 0 Å². The fraction of sp³-hybridized carbons (Fsp3) is 0.0312. The van der Waals surface area contributed by atoms with Gasteiger partial charge in [0, 0.05) is 22.3 Å². The lowest BCUT2D eigenvalue weighted by Gasteiger charge is -2.24. The molecule has 0 saturated carbocycles. The molecule has 9 rings (SSSR count). The second-order valence-electron chi connectivity index (χ2n) is 16.2. The summed E-state index contributed by atoms with van der Waals surface area (Å²) in [5, 5.41) is 0. The van der Waals surface area contributed by atoms with Crippen LogP contribution in [0.25, 0.3) is 72.6 Å². The number of benzene rings is 8. The molecule has 0 bridgehead atoms. The number of nitrogens with zero attached hydrogens (tertiary/aromatic N) is 4. The van der Waals surface area contributed by atoms with Crippen LogP contribution >= 0.6 is 0 Å². The fourth-order valence-electron chi connectivity index (χ4n) is 8.64. The number of amidine groups is 2. The zero-order valence-corrected chi connectivity index (χ0v) is 38.1. The highest BCUT2D eigenvalue weighted by molar-refractivity contribution is 6.13. The van der Waals surface area contributed by atoms with E-state index in [1.54, 1.807) is 0 Å². The molecule has 9 aromatic rings. The van der Waals surface area contributed by atoms with E-state index in [-0.39, 0.29) is 0 Å². The molecular weight excluding hydrogens is 825 g/mol. The molecule has 0 aliphatic heterocycles. The van der Waals surface area contributed by atoms with Gasteiger partial charge in [-0.3, -0.25) is 4.99 Å². The maximum absolute atomic E-state index is 5.50. The molecule has 1 heterocycles.